The molecule has 162 valence electrons. The Labute approximate surface area is 191 Å². The first kappa shape index (κ1) is 20.6. The van der Waals surface area contributed by atoms with Gasteiger partial charge in [-0.2, -0.15) is 0 Å². The van der Waals surface area contributed by atoms with Gasteiger partial charge in [-0.15, -0.1) is 5.10 Å². The maximum absolute atomic E-state index is 13.8. The van der Waals surface area contributed by atoms with Crippen molar-refractivity contribution in [3.05, 3.63) is 125 Å². The standard InChI is InChI=1S/C28H22FN3O/c29-23-14-12-22(13-15-23)28(21-8-3-1-4-9-21)17-16-25-26(20-28)32(18-7-19-33)31-27(25)30-24-10-5-2-6-11-24/h1-19H,20H2,(H,30,31). The van der Waals surface area contributed by atoms with Crippen LogP contribution in [0.4, 0.5) is 15.9 Å². The van der Waals surface area contributed by atoms with Gasteiger partial charge in [0.2, 0.25) is 0 Å². The van der Waals surface area contributed by atoms with E-state index in [1.807, 2.05) is 60.7 Å². The lowest BCUT2D eigenvalue weighted by Crippen LogP contribution is -2.31. The van der Waals surface area contributed by atoms with E-state index in [-0.39, 0.29) is 5.82 Å². The van der Waals surface area contributed by atoms with Crippen LogP contribution in [-0.2, 0) is 16.6 Å². The smallest absolute Gasteiger partial charge is 0.160 e. The number of hydrogen-bond acceptors (Lipinski definition) is 3. The third kappa shape index (κ3) is 3.89. The van der Waals surface area contributed by atoms with Gasteiger partial charge in [-0.25, -0.2) is 9.07 Å². The van der Waals surface area contributed by atoms with Crippen molar-refractivity contribution in [1.29, 1.82) is 0 Å². The van der Waals surface area contributed by atoms with Gasteiger partial charge in [-0.3, -0.25) is 4.79 Å². The highest BCUT2D eigenvalue weighted by molar-refractivity contribution is 5.76. The average molecular weight is 436 g/mol. The van der Waals surface area contributed by atoms with E-state index < -0.39 is 5.41 Å². The molecule has 1 N–H and O–H groups in total. The lowest BCUT2D eigenvalue weighted by molar-refractivity contribution is -0.104. The van der Waals surface area contributed by atoms with Gasteiger partial charge in [0.15, 0.2) is 5.82 Å². The van der Waals surface area contributed by atoms with Crippen LogP contribution in [0.15, 0.2) is 97.1 Å². The van der Waals surface area contributed by atoms with Gasteiger partial charge < -0.3 is 5.32 Å². The molecule has 0 fully saturated rings. The van der Waals surface area contributed by atoms with E-state index in [1.54, 1.807) is 10.9 Å². The molecule has 0 aliphatic heterocycles. The molecule has 3 aromatic carbocycles. The molecule has 0 saturated carbocycles. The molecule has 0 amide bonds. The molecule has 0 saturated heterocycles. The molecule has 33 heavy (non-hydrogen) atoms. The molecular weight excluding hydrogens is 413 g/mol. The Morgan fingerprint density at radius 1 is 0.909 bits per heavy atom. The fourth-order valence-corrected chi connectivity index (χ4v) is 4.42. The molecule has 4 aromatic rings. The van der Waals surface area contributed by atoms with E-state index in [0.717, 1.165) is 34.4 Å². The number of fused-ring (bicyclic) bond motifs is 1. The molecule has 1 unspecified atom stereocenters. The summed E-state index contributed by atoms with van der Waals surface area (Å²) in [6.45, 7) is 0. The van der Waals surface area contributed by atoms with Crippen LogP contribution in [0, 0.1) is 5.82 Å². The van der Waals surface area contributed by atoms with E-state index in [1.165, 1.54) is 18.2 Å². The highest BCUT2D eigenvalue weighted by Gasteiger charge is 2.37. The van der Waals surface area contributed by atoms with Crippen LogP contribution in [0.1, 0.15) is 22.4 Å². The van der Waals surface area contributed by atoms with Crippen LogP contribution in [0.3, 0.4) is 0 Å². The van der Waals surface area contributed by atoms with Crippen LogP contribution in [0.5, 0.6) is 0 Å². The number of aromatic nitrogens is 2. The molecule has 1 atom stereocenters. The Kier molecular flexibility index (Phi) is 5.45. The maximum Gasteiger partial charge on any atom is 0.160 e. The number of halogens is 1. The summed E-state index contributed by atoms with van der Waals surface area (Å²) < 4.78 is 15.5. The van der Waals surface area contributed by atoms with E-state index >= 15 is 0 Å². The van der Waals surface area contributed by atoms with E-state index in [0.29, 0.717) is 12.2 Å². The van der Waals surface area contributed by atoms with Gasteiger partial charge in [0.25, 0.3) is 0 Å². The highest BCUT2D eigenvalue weighted by Crippen LogP contribution is 2.43. The minimum absolute atomic E-state index is 0.268. The predicted molar refractivity (Wildman–Crippen MR) is 130 cm³/mol. The van der Waals surface area contributed by atoms with Crippen molar-refractivity contribution in [2.45, 2.75) is 11.8 Å². The lowest BCUT2D eigenvalue weighted by Gasteiger charge is -2.35. The Bertz CT molecular complexity index is 1330. The van der Waals surface area contributed by atoms with Gasteiger partial charge >= 0.3 is 0 Å². The zero-order chi connectivity index (χ0) is 22.7. The summed E-state index contributed by atoms with van der Waals surface area (Å²) in [4.78, 5) is 11.1. The summed E-state index contributed by atoms with van der Waals surface area (Å²) in [5.74, 6) is 0.444. The molecule has 1 heterocycles. The first-order valence-electron chi connectivity index (χ1n) is 10.8. The highest BCUT2D eigenvalue weighted by atomic mass is 19.1. The van der Waals surface area contributed by atoms with E-state index in [4.69, 9.17) is 5.10 Å². The zero-order valence-corrected chi connectivity index (χ0v) is 17.9. The van der Waals surface area contributed by atoms with Crippen molar-refractivity contribution in [2.75, 3.05) is 5.32 Å². The maximum atomic E-state index is 13.8. The predicted octanol–water partition coefficient (Wildman–Crippen LogP) is 5.99. The Morgan fingerprint density at radius 3 is 2.27 bits per heavy atom. The van der Waals surface area contributed by atoms with Gasteiger partial charge in [0, 0.05) is 29.3 Å². The van der Waals surface area contributed by atoms with Crippen LogP contribution in [-0.4, -0.2) is 16.1 Å². The summed E-state index contributed by atoms with van der Waals surface area (Å²) >= 11 is 0. The second kappa shape index (κ2) is 8.71. The zero-order valence-electron chi connectivity index (χ0n) is 17.9. The number of allylic oxidation sites excluding steroid dienone is 2. The molecule has 5 heteroatoms. The van der Waals surface area contributed by atoms with Gasteiger partial charge in [-0.1, -0.05) is 72.8 Å². The summed E-state index contributed by atoms with van der Waals surface area (Å²) in [6, 6.07) is 26.7. The van der Waals surface area contributed by atoms with Crippen molar-refractivity contribution >= 4 is 30.1 Å². The Morgan fingerprint density at radius 2 is 1.58 bits per heavy atom. The summed E-state index contributed by atoms with van der Waals surface area (Å²) in [7, 11) is 0. The van der Waals surface area contributed by atoms with Crippen LogP contribution in [0.25, 0.3) is 12.3 Å². The SMILES string of the molecule is O=CC=Cn1nc(Nc2ccccc2)c2c1CC(c1ccccc1)(c1ccc(F)cc1)C=C2. The lowest BCUT2D eigenvalue weighted by atomic mass is 9.68. The second-order valence-corrected chi connectivity index (χ2v) is 7.98. The Hall–Kier alpha value is -4.25. The third-order valence-electron chi connectivity index (χ3n) is 6.02. The topological polar surface area (TPSA) is 46.9 Å². The molecule has 0 bridgehead atoms. The van der Waals surface area contributed by atoms with Crippen LogP contribution < -0.4 is 5.32 Å². The molecule has 4 nitrogen and oxygen atoms in total. The molecule has 1 aromatic heterocycles. The van der Waals surface area contributed by atoms with Crippen molar-refractivity contribution in [1.82, 2.24) is 9.78 Å². The molecule has 1 aliphatic carbocycles. The second-order valence-electron chi connectivity index (χ2n) is 7.98. The third-order valence-corrected chi connectivity index (χ3v) is 6.02. The number of aldehydes is 1. The van der Waals surface area contributed by atoms with Gasteiger partial charge in [0.1, 0.15) is 12.1 Å². The minimum atomic E-state index is -0.501. The number of anilines is 2. The van der Waals surface area contributed by atoms with Crippen molar-refractivity contribution in [3.8, 4) is 0 Å². The number of para-hydroxylation sites is 1. The van der Waals surface area contributed by atoms with Gasteiger partial charge in [0.05, 0.1) is 5.69 Å². The normalized spacial score (nSPS) is 17.1. The Balaban J connectivity index is 1.66. The molecule has 1 aliphatic rings. The fraction of sp³-hybridized carbons (Fsp3) is 0.0714. The van der Waals surface area contributed by atoms with Crippen LogP contribution >= 0.6 is 0 Å². The largest absolute Gasteiger partial charge is 0.338 e. The minimum Gasteiger partial charge on any atom is -0.338 e. The number of carbonyl (C=O) groups is 1. The number of benzene rings is 3. The van der Waals surface area contributed by atoms with Gasteiger partial charge in [-0.05, 0) is 41.5 Å². The van der Waals surface area contributed by atoms with Crippen molar-refractivity contribution in [2.24, 2.45) is 0 Å². The molecule has 0 spiro atoms. The number of carbonyl (C=O) groups excluding carboxylic acids is 1. The fourth-order valence-electron chi connectivity index (χ4n) is 4.42. The molecule has 5 rings (SSSR count). The monoisotopic (exact) mass is 435 g/mol. The number of nitrogens with one attached hydrogen (secondary N) is 1. The van der Waals surface area contributed by atoms with Crippen LogP contribution in [0.2, 0.25) is 0 Å². The first-order valence-corrected chi connectivity index (χ1v) is 10.8. The summed E-state index contributed by atoms with van der Waals surface area (Å²) in [5, 5.41) is 8.13. The number of hydrogen-bond donors (Lipinski definition) is 1. The number of nitrogens with zero attached hydrogens (tertiary/aromatic N) is 2. The van der Waals surface area contributed by atoms with E-state index in [9.17, 15) is 9.18 Å². The first-order chi connectivity index (χ1) is 16.2. The average Bonchev–Trinajstić information content (AvgIpc) is 3.20. The quantitative estimate of drug-likeness (QED) is 0.299. The summed E-state index contributed by atoms with van der Waals surface area (Å²) in [6.07, 6.45) is 8.67. The van der Waals surface area contributed by atoms with Crippen molar-refractivity contribution in [3.63, 3.8) is 0 Å². The van der Waals surface area contributed by atoms with Crippen molar-refractivity contribution < 1.29 is 9.18 Å². The summed E-state index contributed by atoms with van der Waals surface area (Å²) in [5.41, 5.74) is 4.44. The van der Waals surface area contributed by atoms with E-state index in [2.05, 4.69) is 29.6 Å². The molecule has 0 radical (unpaired) electrons. The molecular formula is C28H22FN3O. The number of rotatable bonds is 6.